The van der Waals surface area contributed by atoms with Gasteiger partial charge in [-0.25, -0.2) is 14.1 Å². The van der Waals surface area contributed by atoms with Gasteiger partial charge in [-0.15, -0.1) is 5.10 Å². The van der Waals surface area contributed by atoms with Crippen LogP contribution in [0.2, 0.25) is 0 Å². The second kappa shape index (κ2) is 7.74. The minimum absolute atomic E-state index is 0.0330. The summed E-state index contributed by atoms with van der Waals surface area (Å²) < 4.78 is 15.5. The number of halogens is 1. The van der Waals surface area contributed by atoms with Gasteiger partial charge in [0.1, 0.15) is 17.3 Å². The second-order valence-electron chi connectivity index (χ2n) is 7.04. The molecule has 2 N–H and O–H groups in total. The lowest BCUT2D eigenvalue weighted by Crippen LogP contribution is -2.46. The van der Waals surface area contributed by atoms with Crippen LogP contribution >= 0.6 is 0 Å². The number of hydrogen-bond donors (Lipinski definition) is 2. The fraction of sp³-hybridized carbons (Fsp3) is 0.500. The molecule has 0 saturated heterocycles. The van der Waals surface area contributed by atoms with Crippen LogP contribution in [0.25, 0.3) is 5.69 Å². The predicted molar refractivity (Wildman–Crippen MR) is 93.1 cm³/mol. The lowest BCUT2D eigenvalue weighted by atomic mass is 9.87. The average Bonchev–Trinajstić information content (AvgIpc) is 2.96. The molecular weight excluding hydrogens is 323 g/mol. The molecule has 1 heterocycles. The van der Waals surface area contributed by atoms with E-state index in [9.17, 15) is 14.3 Å². The maximum atomic E-state index is 14.1. The van der Waals surface area contributed by atoms with Crippen molar-refractivity contribution in [1.82, 2.24) is 20.1 Å². The van der Waals surface area contributed by atoms with E-state index < -0.39 is 17.8 Å². The van der Waals surface area contributed by atoms with E-state index in [0.717, 1.165) is 6.42 Å². The number of benzene rings is 1. The molecule has 0 spiro atoms. The zero-order valence-corrected chi connectivity index (χ0v) is 15.1. The van der Waals surface area contributed by atoms with Gasteiger partial charge in [-0.3, -0.25) is 4.79 Å². The van der Waals surface area contributed by atoms with Gasteiger partial charge in [-0.05, 0) is 24.0 Å². The van der Waals surface area contributed by atoms with Crippen molar-refractivity contribution in [1.29, 1.82) is 0 Å². The van der Waals surface area contributed by atoms with Crippen molar-refractivity contribution in [3.63, 3.8) is 0 Å². The highest BCUT2D eigenvalue weighted by Crippen LogP contribution is 2.19. The minimum Gasteiger partial charge on any atom is -0.394 e. The van der Waals surface area contributed by atoms with Gasteiger partial charge in [0.05, 0.1) is 12.6 Å². The number of nitrogens with zero attached hydrogens (tertiary/aromatic N) is 3. The molecule has 0 aliphatic heterocycles. The highest BCUT2D eigenvalue weighted by Gasteiger charge is 2.28. The first-order valence-electron chi connectivity index (χ1n) is 8.40. The fourth-order valence-corrected chi connectivity index (χ4v) is 2.40. The van der Waals surface area contributed by atoms with E-state index in [-0.39, 0.29) is 23.5 Å². The van der Waals surface area contributed by atoms with Crippen LogP contribution in [0.1, 0.15) is 50.6 Å². The zero-order chi connectivity index (χ0) is 18.6. The normalized spacial score (nSPS) is 12.9. The molecule has 1 aromatic heterocycles. The predicted octanol–water partition coefficient (Wildman–Crippen LogP) is 2.50. The largest absolute Gasteiger partial charge is 0.394 e. The number of nitrogens with one attached hydrogen (secondary N) is 1. The lowest BCUT2D eigenvalue weighted by molar-refractivity contribution is 0.0837. The Labute approximate surface area is 147 Å². The third-order valence-corrected chi connectivity index (χ3v) is 3.96. The molecule has 6 nitrogen and oxygen atoms in total. The number of aliphatic hydroxyl groups is 1. The van der Waals surface area contributed by atoms with Crippen LogP contribution in [0.15, 0.2) is 24.3 Å². The van der Waals surface area contributed by atoms with Crippen molar-refractivity contribution in [2.45, 2.75) is 46.6 Å². The van der Waals surface area contributed by atoms with Crippen molar-refractivity contribution in [2.24, 2.45) is 5.41 Å². The Kier molecular flexibility index (Phi) is 5.89. The Bertz CT molecular complexity index is 737. The average molecular weight is 348 g/mol. The minimum atomic E-state index is -0.485. The fourth-order valence-electron chi connectivity index (χ4n) is 2.40. The number of aryl methyl sites for hydroxylation is 1. The third kappa shape index (κ3) is 4.42. The van der Waals surface area contributed by atoms with E-state index in [4.69, 9.17) is 0 Å². The Hall–Kier alpha value is -2.28. The van der Waals surface area contributed by atoms with E-state index in [2.05, 4.69) is 15.4 Å². The molecule has 0 bridgehead atoms. The highest BCUT2D eigenvalue weighted by atomic mass is 19.1. The molecule has 2 aromatic rings. The molecule has 1 amide bonds. The molecule has 0 aliphatic carbocycles. The summed E-state index contributed by atoms with van der Waals surface area (Å²) in [7, 11) is 0. The van der Waals surface area contributed by atoms with Crippen LogP contribution in [0.5, 0.6) is 0 Å². The van der Waals surface area contributed by atoms with Gasteiger partial charge in [0, 0.05) is 6.42 Å². The molecule has 2 rings (SSSR count). The first-order chi connectivity index (χ1) is 11.8. The van der Waals surface area contributed by atoms with Crippen LogP contribution in [0, 0.1) is 11.2 Å². The number of rotatable bonds is 6. The number of hydrogen-bond acceptors (Lipinski definition) is 4. The standard InChI is InChI=1S/C18H25FN4O2/c1-5-8-15-21-16(17(25)20-14(11-24)18(2,3)4)22-23(15)13-10-7-6-9-12(13)19/h6-7,9-10,14,24H,5,8,11H2,1-4H3,(H,20,25)/t14-/m1/s1. The van der Waals surface area contributed by atoms with Crippen molar-refractivity contribution in [3.8, 4) is 5.69 Å². The zero-order valence-electron chi connectivity index (χ0n) is 15.1. The Balaban J connectivity index is 2.35. The van der Waals surface area contributed by atoms with Gasteiger partial charge in [0.15, 0.2) is 0 Å². The SMILES string of the molecule is CCCc1nc(C(=O)N[C@H](CO)C(C)(C)C)nn1-c1ccccc1F. The van der Waals surface area contributed by atoms with Gasteiger partial charge in [0.2, 0.25) is 5.82 Å². The summed E-state index contributed by atoms with van der Waals surface area (Å²) in [6, 6.07) is 5.80. The molecule has 0 radical (unpaired) electrons. The summed E-state index contributed by atoms with van der Waals surface area (Å²) in [6.45, 7) is 7.54. The number of aliphatic hydroxyl groups excluding tert-OH is 1. The van der Waals surface area contributed by atoms with Gasteiger partial charge in [0.25, 0.3) is 5.91 Å². The third-order valence-electron chi connectivity index (χ3n) is 3.96. The van der Waals surface area contributed by atoms with E-state index >= 15 is 0 Å². The van der Waals surface area contributed by atoms with Crippen LogP contribution in [0.4, 0.5) is 4.39 Å². The summed E-state index contributed by atoms with van der Waals surface area (Å²) in [5.74, 6) is -0.426. The van der Waals surface area contributed by atoms with Gasteiger partial charge >= 0.3 is 0 Å². The van der Waals surface area contributed by atoms with Crippen molar-refractivity contribution in [3.05, 3.63) is 41.7 Å². The molecule has 136 valence electrons. The number of para-hydroxylation sites is 1. The maximum Gasteiger partial charge on any atom is 0.291 e. The monoisotopic (exact) mass is 348 g/mol. The molecule has 0 unspecified atom stereocenters. The van der Waals surface area contributed by atoms with E-state index in [1.54, 1.807) is 18.2 Å². The first-order valence-corrected chi connectivity index (χ1v) is 8.40. The first kappa shape index (κ1) is 19.1. The van der Waals surface area contributed by atoms with E-state index in [1.807, 2.05) is 27.7 Å². The Morgan fingerprint density at radius 1 is 1.36 bits per heavy atom. The summed E-state index contributed by atoms with van der Waals surface area (Å²) in [6.07, 6.45) is 1.35. The van der Waals surface area contributed by atoms with Gasteiger partial charge in [-0.1, -0.05) is 39.8 Å². The molecule has 1 atom stereocenters. The second-order valence-corrected chi connectivity index (χ2v) is 7.04. The number of amides is 1. The number of carbonyl (C=O) groups is 1. The molecule has 0 aliphatic rings. The molecule has 0 fully saturated rings. The summed E-state index contributed by atoms with van der Waals surface area (Å²) in [4.78, 5) is 16.8. The van der Waals surface area contributed by atoms with Crippen LogP contribution in [0.3, 0.4) is 0 Å². The molecule has 25 heavy (non-hydrogen) atoms. The Morgan fingerprint density at radius 2 is 2.04 bits per heavy atom. The van der Waals surface area contributed by atoms with Crippen LogP contribution < -0.4 is 5.32 Å². The molecule has 1 aromatic carbocycles. The Morgan fingerprint density at radius 3 is 2.60 bits per heavy atom. The van der Waals surface area contributed by atoms with Gasteiger partial charge < -0.3 is 10.4 Å². The lowest BCUT2D eigenvalue weighted by Gasteiger charge is -2.29. The number of carbonyl (C=O) groups excluding carboxylic acids is 1. The van der Waals surface area contributed by atoms with Gasteiger partial charge in [-0.2, -0.15) is 0 Å². The molecular formula is C18H25FN4O2. The summed E-state index contributed by atoms with van der Waals surface area (Å²) in [5, 5.41) is 16.5. The highest BCUT2D eigenvalue weighted by molar-refractivity contribution is 5.90. The summed E-state index contributed by atoms with van der Waals surface area (Å²) >= 11 is 0. The molecule has 7 heteroatoms. The summed E-state index contributed by atoms with van der Waals surface area (Å²) in [5.41, 5.74) is -0.0582. The van der Waals surface area contributed by atoms with Crippen molar-refractivity contribution in [2.75, 3.05) is 6.61 Å². The number of aromatic nitrogens is 3. The van der Waals surface area contributed by atoms with E-state index in [0.29, 0.717) is 12.2 Å². The van der Waals surface area contributed by atoms with Crippen LogP contribution in [-0.2, 0) is 6.42 Å². The quantitative estimate of drug-likeness (QED) is 0.840. The van der Waals surface area contributed by atoms with Crippen molar-refractivity contribution < 1.29 is 14.3 Å². The topological polar surface area (TPSA) is 80.0 Å². The molecule has 0 saturated carbocycles. The van der Waals surface area contributed by atoms with Crippen LogP contribution in [-0.4, -0.2) is 38.4 Å². The smallest absolute Gasteiger partial charge is 0.291 e. The van der Waals surface area contributed by atoms with E-state index in [1.165, 1.54) is 10.7 Å². The van der Waals surface area contributed by atoms with Crippen molar-refractivity contribution >= 4 is 5.91 Å². The maximum absolute atomic E-state index is 14.1.